The molecule has 2 rings (SSSR count). The first kappa shape index (κ1) is 9.58. The Balaban J connectivity index is 2.11. The highest BCUT2D eigenvalue weighted by molar-refractivity contribution is 5.44. The molecule has 4 heteroatoms. The van der Waals surface area contributed by atoms with Gasteiger partial charge in [0.2, 0.25) is 0 Å². The van der Waals surface area contributed by atoms with Gasteiger partial charge in [0.1, 0.15) is 17.4 Å². The van der Waals surface area contributed by atoms with Crippen LogP contribution in [-0.2, 0) is 6.54 Å². The molecule has 0 amide bonds. The Labute approximate surface area is 88.3 Å². The molecule has 4 nitrogen and oxygen atoms in total. The van der Waals surface area contributed by atoms with Crippen LogP contribution in [0, 0.1) is 0 Å². The van der Waals surface area contributed by atoms with Gasteiger partial charge in [0.15, 0.2) is 0 Å². The molecule has 2 N–H and O–H groups in total. The number of nitrogens with two attached hydrogens (primary N) is 1. The summed E-state index contributed by atoms with van der Waals surface area (Å²) in [5.41, 5.74) is 5.61. The molecule has 0 spiro atoms. The second-order valence-corrected chi connectivity index (χ2v) is 3.36. The zero-order valence-corrected chi connectivity index (χ0v) is 8.55. The van der Waals surface area contributed by atoms with E-state index in [1.807, 2.05) is 36.2 Å². The summed E-state index contributed by atoms with van der Waals surface area (Å²) in [6.45, 7) is 0.684. The SMILES string of the molecule is CN(Cc1ccco1)c1cccc(N)n1. The number of hydrogen-bond acceptors (Lipinski definition) is 4. The first-order chi connectivity index (χ1) is 7.25. The van der Waals surface area contributed by atoms with E-state index in [9.17, 15) is 0 Å². The third kappa shape index (κ3) is 2.28. The van der Waals surface area contributed by atoms with Gasteiger partial charge in [-0.3, -0.25) is 0 Å². The van der Waals surface area contributed by atoms with Crippen molar-refractivity contribution in [2.24, 2.45) is 0 Å². The van der Waals surface area contributed by atoms with Gasteiger partial charge in [-0.2, -0.15) is 0 Å². The standard InChI is InChI=1S/C11H13N3O/c1-14(8-9-4-3-7-15-9)11-6-2-5-10(12)13-11/h2-7H,8H2,1H3,(H2,12,13). The minimum atomic E-state index is 0.527. The van der Waals surface area contributed by atoms with Crippen LogP contribution < -0.4 is 10.6 Å². The highest BCUT2D eigenvalue weighted by atomic mass is 16.3. The number of nitrogen functional groups attached to an aromatic ring is 1. The summed E-state index contributed by atoms with van der Waals surface area (Å²) in [5, 5.41) is 0. The summed E-state index contributed by atoms with van der Waals surface area (Å²) in [4.78, 5) is 6.20. The van der Waals surface area contributed by atoms with E-state index >= 15 is 0 Å². The molecule has 0 aliphatic carbocycles. The zero-order chi connectivity index (χ0) is 10.7. The molecule has 2 aromatic heterocycles. The molecule has 0 saturated carbocycles. The number of pyridine rings is 1. The van der Waals surface area contributed by atoms with Crippen LogP contribution in [0.25, 0.3) is 0 Å². The van der Waals surface area contributed by atoms with Crippen LogP contribution in [0.4, 0.5) is 11.6 Å². The van der Waals surface area contributed by atoms with Crippen molar-refractivity contribution >= 4 is 11.6 Å². The third-order valence-corrected chi connectivity index (χ3v) is 2.12. The lowest BCUT2D eigenvalue weighted by Gasteiger charge is -2.16. The molecule has 0 radical (unpaired) electrons. The summed E-state index contributed by atoms with van der Waals surface area (Å²) in [7, 11) is 1.95. The Morgan fingerprint density at radius 2 is 2.20 bits per heavy atom. The van der Waals surface area contributed by atoms with Gasteiger partial charge in [-0.1, -0.05) is 6.07 Å². The third-order valence-electron chi connectivity index (χ3n) is 2.12. The number of aromatic nitrogens is 1. The van der Waals surface area contributed by atoms with Crippen LogP contribution in [0.2, 0.25) is 0 Å². The Morgan fingerprint density at radius 1 is 1.33 bits per heavy atom. The normalized spacial score (nSPS) is 10.2. The van der Waals surface area contributed by atoms with Gasteiger partial charge in [0, 0.05) is 7.05 Å². The Kier molecular flexibility index (Phi) is 2.58. The molecule has 0 unspecified atom stereocenters. The molecule has 0 aromatic carbocycles. The molecule has 0 aliphatic heterocycles. The predicted octanol–water partition coefficient (Wildman–Crippen LogP) is 1.89. The van der Waals surface area contributed by atoms with Crippen molar-refractivity contribution in [3.63, 3.8) is 0 Å². The van der Waals surface area contributed by atoms with Crippen molar-refractivity contribution in [3.05, 3.63) is 42.4 Å². The van der Waals surface area contributed by atoms with Crippen LogP contribution in [0.5, 0.6) is 0 Å². The predicted molar refractivity (Wildman–Crippen MR) is 59.5 cm³/mol. The van der Waals surface area contributed by atoms with E-state index < -0.39 is 0 Å². The van der Waals surface area contributed by atoms with E-state index in [4.69, 9.17) is 10.2 Å². The number of nitrogens with zero attached hydrogens (tertiary/aromatic N) is 2. The summed E-state index contributed by atoms with van der Waals surface area (Å²) >= 11 is 0. The fraction of sp³-hybridized carbons (Fsp3) is 0.182. The lowest BCUT2D eigenvalue weighted by atomic mass is 10.4. The van der Waals surface area contributed by atoms with E-state index in [1.54, 1.807) is 12.3 Å². The first-order valence-corrected chi connectivity index (χ1v) is 4.72. The van der Waals surface area contributed by atoms with Gasteiger partial charge in [-0.15, -0.1) is 0 Å². The van der Waals surface area contributed by atoms with E-state index in [2.05, 4.69) is 4.98 Å². The monoisotopic (exact) mass is 203 g/mol. The molecule has 0 aliphatic rings. The fourth-order valence-corrected chi connectivity index (χ4v) is 1.37. The number of hydrogen-bond donors (Lipinski definition) is 1. The molecule has 15 heavy (non-hydrogen) atoms. The maximum Gasteiger partial charge on any atom is 0.131 e. The Hall–Kier alpha value is -1.97. The highest BCUT2D eigenvalue weighted by Gasteiger charge is 2.04. The molecule has 0 atom stereocenters. The molecular formula is C11H13N3O. The van der Waals surface area contributed by atoms with Crippen molar-refractivity contribution in [2.75, 3.05) is 17.7 Å². The summed E-state index contributed by atoms with van der Waals surface area (Å²) in [6.07, 6.45) is 1.66. The van der Waals surface area contributed by atoms with Crippen LogP contribution in [0.15, 0.2) is 41.0 Å². The molecule has 0 saturated heterocycles. The van der Waals surface area contributed by atoms with E-state index in [0.29, 0.717) is 12.4 Å². The minimum Gasteiger partial charge on any atom is -0.467 e. The van der Waals surface area contributed by atoms with Crippen LogP contribution in [0.3, 0.4) is 0 Å². The highest BCUT2D eigenvalue weighted by Crippen LogP contribution is 2.13. The van der Waals surface area contributed by atoms with Gasteiger partial charge in [0.05, 0.1) is 12.8 Å². The van der Waals surface area contributed by atoms with E-state index in [0.717, 1.165) is 11.6 Å². The second kappa shape index (κ2) is 4.04. The van der Waals surface area contributed by atoms with Crippen LogP contribution in [0.1, 0.15) is 5.76 Å². The first-order valence-electron chi connectivity index (χ1n) is 4.72. The van der Waals surface area contributed by atoms with Gasteiger partial charge in [0.25, 0.3) is 0 Å². The summed E-state index contributed by atoms with van der Waals surface area (Å²) in [6, 6.07) is 9.37. The zero-order valence-electron chi connectivity index (χ0n) is 8.55. The number of rotatable bonds is 3. The van der Waals surface area contributed by atoms with E-state index in [-0.39, 0.29) is 0 Å². The minimum absolute atomic E-state index is 0.527. The molecule has 0 fully saturated rings. The molecule has 2 aromatic rings. The average Bonchev–Trinajstić information content (AvgIpc) is 2.70. The summed E-state index contributed by atoms with van der Waals surface area (Å²) < 4.78 is 5.26. The van der Waals surface area contributed by atoms with Gasteiger partial charge in [-0.05, 0) is 24.3 Å². The maximum absolute atomic E-state index is 5.61. The van der Waals surface area contributed by atoms with Crippen molar-refractivity contribution in [3.8, 4) is 0 Å². The molecular weight excluding hydrogens is 190 g/mol. The van der Waals surface area contributed by atoms with Gasteiger partial charge in [-0.25, -0.2) is 4.98 Å². The fourth-order valence-electron chi connectivity index (χ4n) is 1.37. The lowest BCUT2D eigenvalue weighted by molar-refractivity contribution is 0.507. The van der Waals surface area contributed by atoms with Crippen LogP contribution in [-0.4, -0.2) is 12.0 Å². The Morgan fingerprint density at radius 3 is 2.87 bits per heavy atom. The number of furan rings is 1. The van der Waals surface area contributed by atoms with E-state index in [1.165, 1.54) is 0 Å². The lowest BCUT2D eigenvalue weighted by Crippen LogP contribution is -2.17. The van der Waals surface area contributed by atoms with Crippen LogP contribution >= 0.6 is 0 Å². The number of anilines is 2. The van der Waals surface area contributed by atoms with Crippen molar-refractivity contribution in [1.29, 1.82) is 0 Å². The largest absolute Gasteiger partial charge is 0.467 e. The van der Waals surface area contributed by atoms with Gasteiger partial charge >= 0.3 is 0 Å². The molecule has 2 heterocycles. The molecule has 0 bridgehead atoms. The Bertz CT molecular complexity index is 425. The topological polar surface area (TPSA) is 55.3 Å². The van der Waals surface area contributed by atoms with Gasteiger partial charge < -0.3 is 15.1 Å². The average molecular weight is 203 g/mol. The summed E-state index contributed by atoms with van der Waals surface area (Å²) in [5.74, 6) is 2.27. The van der Waals surface area contributed by atoms with Crippen molar-refractivity contribution in [2.45, 2.75) is 6.54 Å². The second-order valence-electron chi connectivity index (χ2n) is 3.36. The van der Waals surface area contributed by atoms with Crippen molar-refractivity contribution < 1.29 is 4.42 Å². The quantitative estimate of drug-likeness (QED) is 0.827. The maximum atomic E-state index is 5.61. The smallest absolute Gasteiger partial charge is 0.131 e. The molecule has 78 valence electrons. The van der Waals surface area contributed by atoms with Crippen molar-refractivity contribution in [1.82, 2.24) is 4.98 Å².